The largest absolute Gasteiger partial charge is 0.357 e. The van der Waals surface area contributed by atoms with Crippen LogP contribution in [0.3, 0.4) is 0 Å². The molecule has 0 radical (unpaired) electrons. The minimum atomic E-state index is -0.0202. The van der Waals surface area contributed by atoms with Crippen LogP contribution in [0.5, 0.6) is 0 Å². The number of hydrogen-bond acceptors (Lipinski definition) is 3. The highest BCUT2D eigenvalue weighted by atomic mass is 127. The molecule has 1 heterocycles. The Bertz CT molecular complexity index is 685. The van der Waals surface area contributed by atoms with Gasteiger partial charge in [-0.2, -0.15) is 0 Å². The third-order valence-electron chi connectivity index (χ3n) is 5.91. The van der Waals surface area contributed by atoms with E-state index in [1.165, 1.54) is 38.6 Å². The number of halogens is 1. The molecule has 1 amide bonds. The Kier molecular flexibility index (Phi) is 10.4. The van der Waals surface area contributed by atoms with Crippen LogP contribution in [-0.2, 0) is 11.3 Å². The van der Waals surface area contributed by atoms with Crippen LogP contribution in [-0.4, -0.2) is 48.5 Å². The molecule has 168 valence electrons. The van der Waals surface area contributed by atoms with Gasteiger partial charge in [0.05, 0.1) is 6.54 Å². The number of hydrogen-bond donors (Lipinski definition) is 3. The van der Waals surface area contributed by atoms with Gasteiger partial charge in [0.15, 0.2) is 5.96 Å². The lowest BCUT2D eigenvalue weighted by Gasteiger charge is -2.24. The fourth-order valence-electron chi connectivity index (χ4n) is 4.17. The molecule has 1 aromatic rings. The van der Waals surface area contributed by atoms with E-state index in [4.69, 9.17) is 4.99 Å². The predicted octanol–water partition coefficient (Wildman–Crippen LogP) is 3.97. The summed E-state index contributed by atoms with van der Waals surface area (Å²) in [6.07, 6.45) is 6.71. The molecule has 1 saturated heterocycles. The zero-order chi connectivity index (χ0) is 20.6. The van der Waals surface area contributed by atoms with E-state index in [2.05, 4.69) is 27.8 Å². The molecule has 0 bridgehead atoms. The number of benzene rings is 1. The number of guanidine groups is 1. The van der Waals surface area contributed by atoms with Crippen molar-refractivity contribution in [3.8, 4) is 0 Å². The van der Waals surface area contributed by atoms with Crippen molar-refractivity contribution in [2.45, 2.75) is 71.5 Å². The number of anilines is 1. The molecular formula is C23H38IN5O. The number of carbonyl (C=O) groups is 1. The van der Waals surface area contributed by atoms with E-state index in [-0.39, 0.29) is 35.8 Å². The van der Waals surface area contributed by atoms with Crippen LogP contribution in [0.1, 0.15) is 58.4 Å². The Hall–Kier alpha value is -1.35. The molecule has 30 heavy (non-hydrogen) atoms. The summed E-state index contributed by atoms with van der Waals surface area (Å²) in [6.45, 7) is 9.68. The van der Waals surface area contributed by atoms with Gasteiger partial charge in [-0.3, -0.25) is 9.69 Å². The van der Waals surface area contributed by atoms with Gasteiger partial charge in [-0.1, -0.05) is 38.8 Å². The maximum atomic E-state index is 11.8. The van der Waals surface area contributed by atoms with Gasteiger partial charge in [-0.15, -0.1) is 24.0 Å². The summed E-state index contributed by atoms with van der Waals surface area (Å²) in [4.78, 5) is 19.2. The maximum Gasteiger partial charge on any atom is 0.226 e. The van der Waals surface area contributed by atoms with Crippen molar-refractivity contribution < 1.29 is 4.79 Å². The highest BCUT2D eigenvalue weighted by Gasteiger charge is 2.30. The first-order valence-corrected chi connectivity index (χ1v) is 11.2. The SMILES string of the molecule is CCNC(=NCc1ccc(NC(=O)C(C)C)cc1)NC1CCN(C2CCCC2)C1.I. The average Bonchev–Trinajstić information content (AvgIpc) is 3.39. The minimum absolute atomic E-state index is 0. The first-order valence-electron chi connectivity index (χ1n) is 11.2. The highest BCUT2D eigenvalue weighted by molar-refractivity contribution is 14.0. The van der Waals surface area contributed by atoms with E-state index in [1.54, 1.807) is 0 Å². The van der Waals surface area contributed by atoms with Gasteiger partial charge in [0.1, 0.15) is 0 Å². The van der Waals surface area contributed by atoms with E-state index in [0.29, 0.717) is 12.6 Å². The van der Waals surface area contributed by atoms with Crippen LogP contribution in [0, 0.1) is 5.92 Å². The molecule has 3 N–H and O–H groups in total. The number of likely N-dealkylation sites (tertiary alicyclic amines) is 1. The van der Waals surface area contributed by atoms with Gasteiger partial charge in [0, 0.05) is 43.3 Å². The minimum Gasteiger partial charge on any atom is -0.357 e. The number of nitrogens with one attached hydrogen (secondary N) is 3. The van der Waals surface area contributed by atoms with Gasteiger partial charge >= 0.3 is 0 Å². The molecule has 1 unspecified atom stereocenters. The summed E-state index contributed by atoms with van der Waals surface area (Å²) in [5.41, 5.74) is 1.96. The van der Waals surface area contributed by atoms with Gasteiger partial charge < -0.3 is 16.0 Å². The second-order valence-corrected chi connectivity index (χ2v) is 8.60. The first-order chi connectivity index (χ1) is 14.0. The molecule has 2 aliphatic rings. The Balaban J connectivity index is 0.00000320. The smallest absolute Gasteiger partial charge is 0.226 e. The molecule has 7 heteroatoms. The van der Waals surface area contributed by atoms with Crippen LogP contribution in [0.15, 0.2) is 29.3 Å². The fraction of sp³-hybridized carbons (Fsp3) is 0.652. The quantitative estimate of drug-likeness (QED) is 0.285. The fourth-order valence-corrected chi connectivity index (χ4v) is 4.17. The molecule has 1 saturated carbocycles. The normalized spacial score (nSPS) is 20.3. The molecular weight excluding hydrogens is 489 g/mol. The molecule has 2 fully saturated rings. The van der Waals surface area contributed by atoms with Gasteiger partial charge in [-0.05, 0) is 43.9 Å². The average molecular weight is 527 g/mol. The van der Waals surface area contributed by atoms with Crippen molar-refractivity contribution in [1.82, 2.24) is 15.5 Å². The van der Waals surface area contributed by atoms with Gasteiger partial charge in [0.2, 0.25) is 5.91 Å². The summed E-state index contributed by atoms with van der Waals surface area (Å²) in [6, 6.07) is 9.23. The molecule has 6 nitrogen and oxygen atoms in total. The van der Waals surface area contributed by atoms with Crippen molar-refractivity contribution in [3.63, 3.8) is 0 Å². The number of amides is 1. The Morgan fingerprint density at radius 1 is 1.17 bits per heavy atom. The molecule has 1 atom stereocenters. The summed E-state index contributed by atoms with van der Waals surface area (Å²) >= 11 is 0. The van der Waals surface area contributed by atoms with Crippen molar-refractivity contribution in [1.29, 1.82) is 0 Å². The molecule has 3 rings (SSSR count). The van der Waals surface area contributed by atoms with Crippen LogP contribution in [0.2, 0.25) is 0 Å². The molecule has 1 aromatic carbocycles. The second-order valence-electron chi connectivity index (χ2n) is 8.60. The molecule has 0 spiro atoms. The van der Waals surface area contributed by atoms with Crippen LogP contribution < -0.4 is 16.0 Å². The number of carbonyl (C=O) groups excluding carboxylic acids is 1. The van der Waals surface area contributed by atoms with Crippen molar-refractivity contribution in [3.05, 3.63) is 29.8 Å². The molecule has 1 aliphatic carbocycles. The van der Waals surface area contributed by atoms with Crippen LogP contribution in [0.25, 0.3) is 0 Å². The summed E-state index contributed by atoms with van der Waals surface area (Å²) in [7, 11) is 0. The molecule has 0 aromatic heterocycles. The maximum absolute atomic E-state index is 11.8. The monoisotopic (exact) mass is 527 g/mol. The van der Waals surface area contributed by atoms with Crippen molar-refractivity contribution in [2.75, 3.05) is 25.0 Å². The lowest BCUT2D eigenvalue weighted by atomic mass is 10.1. The van der Waals surface area contributed by atoms with Gasteiger partial charge in [-0.25, -0.2) is 4.99 Å². The van der Waals surface area contributed by atoms with Crippen molar-refractivity contribution in [2.24, 2.45) is 10.9 Å². The number of aliphatic imine (C=N–C) groups is 1. The lowest BCUT2D eigenvalue weighted by molar-refractivity contribution is -0.118. The first kappa shape index (κ1) is 24.9. The van der Waals surface area contributed by atoms with Crippen LogP contribution >= 0.6 is 24.0 Å². The second kappa shape index (κ2) is 12.5. The van der Waals surface area contributed by atoms with Crippen molar-refractivity contribution >= 4 is 41.5 Å². The topological polar surface area (TPSA) is 68.8 Å². The summed E-state index contributed by atoms with van der Waals surface area (Å²) < 4.78 is 0. The third kappa shape index (κ3) is 7.41. The van der Waals surface area contributed by atoms with E-state index in [9.17, 15) is 4.79 Å². The predicted molar refractivity (Wildman–Crippen MR) is 136 cm³/mol. The Morgan fingerprint density at radius 2 is 1.87 bits per heavy atom. The van der Waals surface area contributed by atoms with Gasteiger partial charge in [0.25, 0.3) is 0 Å². The van der Waals surface area contributed by atoms with E-state index in [0.717, 1.165) is 36.3 Å². The number of nitrogens with zero attached hydrogens (tertiary/aromatic N) is 2. The third-order valence-corrected chi connectivity index (χ3v) is 5.91. The number of rotatable bonds is 7. The Morgan fingerprint density at radius 3 is 2.50 bits per heavy atom. The van der Waals surface area contributed by atoms with E-state index >= 15 is 0 Å². The van der Waals surface area contributed by atoms with Crippen LogP contribution in [0.4, 0.5) is 5.69 Å². The van der Waals surface area contributed by atoms with E-state index in [1.807, 2.05) is 38.1 Å². The molecule has 1 aliphatic heterocycles. The summed E-state index contributed by atoms with van der Waals surface area (Å²) in [5.74, 6) is 0.911. The zero-order valence-corrected chi connectivity index (χ0v) is 20.9. The van der Waals surface area contributed by atoms with E-state index < -0.39 is 0 Å². The zero-order valence-electron chi connectivity index (χ0n) is 18.6. The Labute approximate surface area is 198 Å². The summed E-state index contributed by atoms with van der Waals surface area (Å²) in [5, 5.41) is 9.93. The standard InChI is InChI=1S/C23H37N5O.HI/c1-4-24-23(27-20-13-14-28(16-20)21-7-5-6-8-21)25-15-18-9-11-19(12-10-18)26-22(29)17(2)3;/h9-12,17,20-21H,4-8,13-16H2,1-3H3,(H,26,29)(H2,24,25,27);1H. The highest BCUT2D eigenvalue weighted by Crippen LogP contribution is 2.26. The lowest BCUT2D eigenvalue weighted by Crippen LogP contribution is -2.45.